The summed E-state index contributed by atoms with van der Waals surface area (Å²) in [6.07, 6.45) is 3.26. The van der Waals surface area contributed by atoms with Crippen molar-refractivity contribution in [2.24, 2.45) is 11.7 Å². The van der Waals surface area contributed by atoms with Gasteiger partial charge in [0.25, 0.3) is 5.69 Å². The molecule has 0 spiro atoms. The van der Waals surface area contributed by atoms with Crippen LogP contribution in [0.1, 0.15) is 19.8 Å². The number of pyridine rings is 1. The van der Waals surface area contributed by atoms with Gasteiger partial charge >= 0.3 is 0 Å². The zero-order valence-electron chi connectivity index (χ0n) is 16.5. The Bertz CT molecular complexity index is 920. The number of hydrogen-bond donors (Lipinski definition) is 2. The molecule has 1 aromatic heterocycles. The molecule has 0 bridgehead atoms. The van der Waals surface area contributed by atoms with E-state index in [4.69, 9.17) is 5.73 Å². The van der Waals surface area contributed by atoms with E-state index in [9.17, 15) is 19.7 Å². The lowest BCUT2D eigenvalue weighted by atomic mass is 9.97. The molecule has 2 unspecified atom stereocenters. The van der Waals surface area contributed by atoms with Gasteiger partial charge in [0.1, 0.15) is 5.82 Å². The molecule has 1 saturated heterocycles. The number of benzene rings is 1. The number of nitro groups is 1. The monoisotopic (exact) mass is 429 g/mol. The first-order chi connectivity index (χ1) is 14.3. The predicted octanol–water partition coefficient (Wildman–Crippen LogP) is 2.81. The Morgan fingerprint density at radius 2 is 2.03 bits per heavy atom. The maximum atomic E-state index is 12.5. The van der Waals surface area contributed by atoms with Crippen molar-refractivity contribution in [3.05, 3.63) is 52.7 Å². The van der Waals surface area contributed by atoms with Crippen molar-refractivity contribution in [3.8, 4) is 0 Å². The molecule has 0 saturated carbocycles. The summed E-state index contributed by atoms with van der Waals surface area (Å²) in [5.41, 5.74) is 6.01. The van der Waals surface area contributed by atoms with Crippen LogP contribution in [0.2, 0.25) is 0 Å². The van der Waals surface area contributed by atoms with E-state index in [1.54, 1.807) is 31.3 Å². The van der Waals surface area contributed by atoms with Crippen molar-refractivity contribution in [1.82, 2.24) is 4.98 Å². The summed E-state index contributed by atoms with van der Waals surface area (Å²) in [7, 11) is 0. The number of nitrogens with zero attached hydrogens (tertiary/aromatic N) is 3. The molecule has 1 aromatic carbocycles. The van der Waals surface area contributed by atoms with Crippen LogP contribution < -0.4 is 16.0 Å². The molecular formula is C20H23N5O4S. The number of nitrogens with one attached hydrogen (secondary N) is 1. The van der Waals surface area contributed by atoms with Gasteiger partial charge in [0, 0.05) is 30.1 Å². The molecule has 30 heavy (non-hydrogen) atoms. The van der Waals surface area contributed by atoms with Crippen LogP contribution in [0.15, 0.2) is 47.5 Å². The lowest BCUT2D eigenvalue weighted by Gasteiger charge is -2.32. The van der Waals surface area contributed by atoms with Gasteiger partial charge in [0.05, 0.1) is 28.0 Å². The third kappa shape index (κ3) is 5.47. The molecule has 9 nitrogen and oxygen atoms in total. The number of aromatic nitrogens is 1. The average molecular weight is 430 g/mol. The van der Waals surface area contributed by atoms with Gasteiger partial charge in [-0.25, -0.2) is 4.98 Å². The van der Waals surface area contributed by atoms with E-state index in [1.807, 2.05) is 11.0 Å². The fourth-order valence-electron chi connectivity index (χ4n) is 3.21. The quantitative estimate of drug-likeness (QED) is 0.393. The SMILES string of the molecule is CC(Sc1ccc([N+](=O)[O-])cc1)C(=O)Nc1ccc(N2CCCC(C(N)=O)C2)nc1. The number of non-ortho nitro benzene ring substituents is 1. The van der Waals surface area contributed by atoms with Crippen molar-refractivity contribution in [1.29, 1.82) is 0 Å². The topological polar surface area (TPSA) is 131 Å². The summed E-state index contributed by atoms with van der Waals surface area (Å²) in [6, 6.07) is 9.67. The molecule has 0 aliphatic carbocycles. The number of thioether (sulfide) groups is 1. The van der Waals surface area contributed by atoms with E-state index < -0.39 is 10.2 Å². The van der Waals surface area contributed by atoms with Crippen LogP contribution in [0.5, 0.6) is 0 Å². The normalized spacial score (nSPS) is 17.2. The number of piperidine rings is 1. The minimum atomic E-state index is -0.459. The van der Waals surface area contributed by atoms with E-state index in [0.29, 0.717) is 12.2 Å². The highest BCUT2D eigenvalue weighted by Crippen LogP contribution is 2.27. The summed E-state index contributed by atoms with van der Waals surface area (Å²) in [5.74, 6) is 0.0900. The Hall–Kier alpha value is -3.14. The fraction of sp³-hybridized carbons (Fsp3) is 0.350. The summed E-state index contributed by atoms with van der Waals surface area (Å²) in [4.78, 5) is 41.4. The second-order valence-corrected chi connectivity index (χ2v) is 8.51. The van der Waals surface area contributed by atoms with Crippen LogP contribution in [0.4, 0.5) is 17.2 Å². The number of carbonyl (C=O) groups excluding carboxylic acids is 2. The Morgan fingerprint density at radius 1 is 1.30 bits per heavy atom. The van der Waals surface area contributed by atoms with Crippen LogP contribution in [0.3, 0.4) is 0 Å². The molecule has 1 aliphatic heterocycles. The van der Waals surface area contributed by atoms with E-state index in [2.05, 4.69) is 10.3 Å². The van der Waals surface area contributed by atoms with Gasteiger partial charge in [0.2, 0.25) is 11.8 Å². The maximum absolute atomic E-state index is 12.5. The first kappa shape index (κ1) is 21.6. The first-order valence-electron chi connectivity index (χ1n) is 9.56. The summed E-state index contributed by atoms with van der Waals surface area (Å²) < 4.78 is 0. The third-order valence-electron chi connectivity index (χ3n) is 4.89. The maximum Gasteiger partial charge on any atom is 0.269 e. The molecule has 0 radical (unpaired) electrons. The van der Waals surface area contributed by atoms with Gasteiger partial charge in [0.15, 0.2) is 0 Å². The lowest BCUT2D eigenvalue weighted by Crippen LogP contribution is -2.41. The smallest absolute Gasteiger partial charge is 0.269 e. The van der Waals surface area contributed by atoms with Crippen LogP contribution in [0.25, 0.3) is 0 Å². The number of hydrogen-bond acceptors (Lipinski definition) is 7. The van der Waals surface area contributed by atoms with E-state index >= 15 is 0 Å². The Balaban J connectivity index is 1.56. The molecule has 2 heterocycles. The molecular weight excluding hydrogens is 406 g/mol. The number of amides is 2. The number of primary amides is 1. The number of nitro benzene ring substituents is 1. The van der Waals surface area contributed by atoms with Crippen molar-refractivity contribution in [2.75, 3.05) is 23.3 Å². The van der Waals surface area contributed by atoms with Crippen molar-refractivity contribution < 1.29 is 14.5 Å². The van der Waals surface area contributed by atoms with Gasteiger partial charge < -0.3 is 16.0 Å². The minimum Gasteiger partial charge on any atom is -0.369 e. The fourth-order valence-corrected chi connectivity index (χ4v) is 4.08. The largest absolute Gasteiger partial charge is 0.369 e. The summed E-state index contributed by atoms with van der Waals surface area (Å²) >= 11 is 1.31. The highest BCUT2D eigenvalue weighted by molar-refractivity contribution is 8.00. The minimum absolute atomic E-state index is 0.0125. The first-order valence-corrected chi connectivity index (χ1v) is 10.4. The zero-order valence-corrected chi connectivity index (χ0v) is 17.3. The highest BCUT2D eigenvalue weighted by Gasteiger charge is 2.24. The molecule has 158 valence electrons. The standard InChI is InChI=1S/C20H23N5O4S/c1-13(30-17-7-5-16(6-8-17)25(28)29)20(27)23-15-4-9-18(22-11-15)24-10-2-3-14(12-24)19(21)26/h4-9,11,13-14H,2-3,10,12H2,1H3,(H2,21,26)(H,23,27). The van der Waals surface area contributed by atoms with Crippen LogP contribution in [0, 0.1) is 16.0 Å². The molecule has 3 N–H and O–H groups in total. The van der Waals surface area contributed by atoms with Gasteiger partial charge in [-0.2, -0.15) is 0 Å². The second-order valence-electron chi connectivity index (χ2n) is 7.09. The van der Waals surface area contributed by atoms with E-state index in [1.165, 1.54) is 23.9 Å². The van der Waals surface area contributed by atoms with Gasteiger partial charge in [-0.1, -0.05) is 0 Å². The number of anilines is 2. The molecule has 2 amide bonds. The van der Waals surface area contributed by atoms with Crippen molar-refractivity contribution in [3.63, 3.8) is 0 Å². The molecule has 1 fully saturated rings. The highest BCUT2D eigenvalue weighted by atomic mass is 32.2. The Morgan fingerprint density at radius 3 is 2.63 bits per heavy atom. The van der Waals surface area contributed by atoms with E-state index in [0.717, 1.165) is 30.1 Å². The van der Waals surface area contributed by atoms with Crippen LogP contribution in [-0.2, 0) is 9.59 Å². The third-order valence-corrected chi connectivity index (χ3v) is 6.00. The Labute approximate surface area is 178 Å². The molecule has 2 aromatic rings. The van der Waals surface area contributed by atoms with E-state index in [-0.39, 0.29) is 23.4 Å². The van der Waals surface area contributed by atoms with Gasteiger partial charge in [-0.15, -0.1) is 11.8 Å². The molecule has 1 aliphatic rings. The molecule has 10 heteroatoms. The average Bonchev–Trinajstić information content (AvgIpc) is 2.74. The number of rotatable bonds is 7. The lowest BCUT2D eigenvalue weighted by molar-refractivity contribution is -0.384. The zero-order chi connectivity index (χ0) is 21.7. The number of nitrogens with two attached hydrogens (primary N) is 1. The summed E-state index contributed by atoms with van der Waals surface area (Å²) in [6.45, 7) is 3.13. The Kier molecular flexibility index (Phi) is 6.88. The van der Waals surface area contributed by atoms with Gasteiger partial charge in [-0.05, 0) is 44.0 Å². The van der Waals surface area contributed by atoms with Crippen molar-refractivity contribution >= 4 is 40.8 Å². The van der Waals surface area contributed by atoms with Crippen LogP contribution >= 0.6 is 11.8 Å². The van der Waals surface area contributed by atoms with Crippen molar-refractivity contribution in [2.45, 2.75) is 29.9 Å². The summed E-state index contributed by atoms with van der Waals surface area (Å²) in [5, 5.41) is 13.1. The van der Waals surface area contributed by atoms with Crippen LogP contribution in [-0.4, -0.2) is 40.1 Å². The second kappa shape index (κ2) is 9.57. The number of carbonyl (C=O) groups is 2. The molecule has 2 atom stereocenters. The predicted molar refractivity (Wildman–Crippen MR) is 115 cm³/mol. The molecule has 3 rings (SSSR count). The van der Waals surface area contributed by atoms with Gasteiger partial charge in [-0.3, -0.25) is 19.7 Å².